The third kappa shape index (κ3) is 3.31. The Morgan fingerprint density at radius 3 is 2.57 bits per heavy atom. The van der Waals surface area contributed by atoms with Gasteiger partial charge in [-0.2, -0.15) is 5.10 Å². The molecule has 0 N–H and O–H groups in total. The number of benzene rings is 1. The summed E-state index contributed by atoms with van der Waals surface area (Å²) in [7, 11) is 1.89. The topological polar surface area (TPSA) is 51.0 Å². The van der Waals surface area contributed by atoms with Gasteiger partial charge in [0.25, 0.3) is 5.91 Å². The number of aryl methyl sites for hydroxylation is 2. The highest BCUT2D eigenvalue weighted by Crippen LogP contribution is 2.32. The van der Waals surface area contributed by atoms with Crippen LogP contribution in [0.1, 0.15) is 40.4 Å². The number of carbonyl (C=O) groups is 1. The van der Waals surface area contributed by atoms with Crippen molar-refractivity contribution >= 4 is 28.3 Å². The maximum absolute atomic E-state index is 13.6. The first-order valence-corrected chi connectivity index (χ1v) is 11.2. The zero-order valence-electron chi connectivity index (χ0n) is 17.2. The van der Waals surface area contributed by atoms with Gasteiger partial charge in [-0.1, -0.05) is 36.4 Å². The van der Waals surface area contributed by atoms with E-state index in [-0.39, 0.29) is 5.91 Å². The Kier molecular flexibility index (Phi) is 4.87. The Labute approximate surface area is 180 Å². The summed E-state index contributed by atoms with van der Waals surface area (Å²) in [6.07, 6.45) is 1.99. The predicted molar refractivity (Wildman–Crippen MR) is 121 cm³/mol. The van der Waals surface area contributed by atoms with Crippen LogP contribution in [0.15, 0.2) is 53.9 Å². The first-order chi connectivity index (χ1) is 14.6. The van der Waals surface area contributed by atoms with Gasteiger partial charge in [-0.05, 0) is 48.8 Å². The first-order valence-electron chi connectivity index (χ1n) is 10.3. The molecule has 1 fully saturated rings. The number of amides is 1. The van der Waals surface area contributed by atoms with Crippen LogP contribution in [0.25, 0.3) is 21.6 Å². The van der Waals surface area contributed by atoms with Crippen LogP contribution >= 0.6 is 11.3 Å². The molecule has 5 rings (SSSR count). The van der Waals surface area contributed by atoms with E-state index in [9.17, 15) is 4.79 Å². The summed E-state index contributed by atoms with van der Waals surface area (Å²) in [5, 5.41) is 7.44. The number of nitrogens with zero attached hydrogens (tertiary/aromatic N) is 4. The van der Waals surface area contributed by atoms with Crippen molar-refractivity contribution in [1.82, 2.24) is 19.7 Å². The number of carbonyl (C=O) groups excluding carboxylic acids is 1. The molecule has 1 aliphatic heterocycles. The van der Waals surface area contributed by atoms with Crippen LogP contribution in [0.3, 0.4) is 0 Å². The summed E-state index contributed by atoms with van der Waals surface area (Å²) in [6, 6.07) is 16.6. The van der Waals surface area contributed by atoms with E-state index < -0.39 is 0 Å². The Hall–Kier alpha value is -2.99. The van der Waals surface area contributed by atoms with Gasteiger partial charge in [0, 0.05) is 20.1 Å². The van der Waals surface area contributed by atoms with Gasteiger partial charge in [0.2, 0.25) is 0 Å². The van der Waals surface area contributed by atoms with E-state index in [1.807, 2.05) is 42.5 Å². The lowest BCUT2D eigenvalue weighted by Crippen LogP contribution is -2.38. The molecule has 152 valence electrons. The average Bonchev–Trinajstić information content (AvgIpc) is 3.42. The number of aromatic nitrogens is 3. The Bertz CT molecular complexity index is 1190. The molecule has 1 aliphatic rings. The fourth-order valence-electron chi connectivity index (χ4n) is 4.48. The molecule has 0 radical (unpaired) electrons. The normalized spacial score (nSPS) is 15.1. The minimum atomic E-state index is 0.0859. The highest BCUT2D eigenvalue weighted by molar-refractivity contribution is 7.13. The van der Waals surface area contributed by atoms with Crippen LogP contribution in [0, 0.1) is 6.92 Å². The van der Waals surface area contributed by atoms with Gasteiger partial charge < -0.3 is 4.90 Å². The van der Waals surface area contributed by atoms with Crippen molar-refractivity contribution in [3.05, 3.63) is 70.7 Å². The third-order valence-corrected chi connectivity index (χ3v) is 6.92. The van der Waals surface area contributed by atoms with E-state index in [2.05, 4.69) is 35.4 Å². The predicted octanol–water partition coefficient (Wildman–Crippen LogP) is 5.03. The lowest BCUT2D eigenvalue weighted by Gasteiger charge is -2.32. The third-order valence-electron chi connectivity index (χ3n) is 6.03. The van der Waals surface area contributed by atoms with E-state index in [0.29, 0.717) is 11.5 Å². The van der Waals surface area contributed by atoms with Gasteiger partial charge in [0.05, 0.1) is 27.2 Å². The number of fused-ring (bicyclic) bond motifs is 1. The molecule has 0 saturated carbocycles. The largest absolute Gasteiger partial charge is 0.339 e. The molecule has 0 spiro atoms. The zero-order chi connectivity index (χ0) is 20.7. The quantitative estimate of drug-likeness (QED) is 0.471. The van der Waals surface area contributed by atoms with E-state index >= 15 is 0 Å². The van der Waals surface area contributed by atoms with Gasteiger partial charge in [0.1, 0.15) is 0 Å². The summed E-state index contributed by atoms with van der Waals surface area (Å²) < 4.78 is 1.78. The van der Waals surface area contributed by atoms with Gasteiger partial charge >= 0.3 is 0 Å². The Morgan fingerprint density at radius 2 is 1.87 bits per heavy atom. The molecule has 6 heteroatoms. The SMILES string of the molecule is Cc1nn(C)c2nc(-c3cccs3)cc(C(=O)N3CCC(c4ccccc4)CC3)c12. The van der Waals surface area contributed by atoms with Crippen LogP contribution in [-0.2, 0) is 7.05 Å². The number of hydrogen-bond acceptors (Lipinski definition) is 4. The average molecular weight is 417 g/mol. The highest BCUT2D eigenvalue weighted by atomic mass is 32.1. The molecule has 1 aromatic carbocycles. The monoisotopic (exact) mass is 416 g/mol. The minimum absolute atomic E-state index is 0.0859. The van der Waals surface area contributed by atoms with Gasteiger partial charge in [0.15, 0.2) is 5.65 Å². The molecule has 0 unspecified atom stereocenters. The fraction of sp³-hybridized carbons (Fsp3) is 0.292. The van der Waals surface area contributed by atoms with Crippen molar-refractivity contribution in [3.63, 3.8) is 0 Å². The number of piperidine rings is 1. The van der Waals surface area contributed by atoms with E-state index in [1.165, 1.54) is 5.56 Å². The van der Waals surface area contributed by atoms with Crippen molar-refractivity contribution in [3.8, 4) is 10.6 Å². The number of thiophene rings is 1. The van der Waals surface area contributed by atoms with Gasteiger partial charge in [-0.15, -0.1) is 11.3 Å². The lowest BCUT2D eigenvalue weighted by molar-refractivity contribution is 0.0715. The molecular formula is C24H24N4OS. The summed E-state index contributed by atoms with van der Waals surface area (Å²) in [5.41, 5.74) is 4.54. The number of hydrogen-bond donors (Lipinski definition) is 0. The molecule has 1 amide bonds. The van der Waals surface area contributed by atoms with Crippen molar-refractivity contribution in [2.45, 2.75) is 25.7 Å². The number of likely N-dealkylation sites (tertiary alicyclic amines) is 1. The molecule has 4 heterocycles. The fourth-order valence-corrected chi connectivity index (χ4v) is 5.16. The molecule has 0 atom stereocenters. The van der Waals surface area contributed by atoms with Crippen LogP contribution in [0.4, 0.5) is 0 Å². The maximum Gasteiger partial charge on any atom is 0.254 e. The van der Waals surface area contributed by atoms with Gasteiger partial charge in [-0.25, -0.2) is 4.98 Å². The number of pyridine rings is 1. The Morgan fingerprint density at radius 1 is 1.10 bits per heavy atom. The molecule has 3 aromatic heterocycles. The van der Waals surface area contributed by atoms with Crippen LogP contribution in [-0.4, -0.2) is 38.7 Å². The van der Waals surface area contributed by atoms with Crippen molar-refractivity contribution in [2.75, 3.05) is 13.1 Å². The Balaban J connectivity index is 1.47. The highest BCUT2D eigenvalue weighted by Gasteiger charge is 2.27. The summed E-state index contributed by atoms with van der Waals surface area (Å²) in [6.45, 7) is 3.50. The van der Waals surface area contributed by atoms with Crippen molar-refractivity contribution in [1.29, 1.82) is 0 Å². The zero-order valence-corrected chi connectivity index (χ0v) is 18.0. The summed E-state index contributed by atoms with van der Waals surface area (Å²) in [4.78, 5) is 21.5. The lowest BCUT2D eigenvalue weighted by atomic mass is 9.89. The summed E-state index contributed by atoms with van der Waals surface area (Å²) >= 11 is 1.63. The molecule has 5 nitrogen and oxygen atoms in total. The van der Waals surface area contributed by atoms with Gasteiger partial charge in [-0.3, -0.25) is 9.48 Å². The number of rotatable bonds is 3. The van der Waals surface area contributed by atoms with Crippen molar-refractivity contribution in [2.24, 2.45) is 7.05 Å². The molecule has 4 aromatic rings. The summed E-state index contributed by atoms with van der Waals surface area (Å²) in [5.74, 6) is 0.609. The maximum atomic E-state index is 13.6. The molecule has 30 heavy (non-hydrogen) atoms. The first kappa shape index (κ1) is 19.0. The van der Waals surface area contributed by atoms with E-state index in [4.69, 9.17) is 4.98 Å². The standard InChI is InChI=1S/C24H24N4OS/c1-16-22-19(15-20(21-9-6-14-30-21)25-23(22)27(2)26-16)24(29)28-12-10-18(11-13-28)17-7-4-3-5-8-17/h3-9,14-15,18H,10-13H2,1-2H3. The van der Waals surface area contributed by atoms with E-state index in [0.717, 1.165) is 53.2 Å². The second-order valence-corrected chi connectivity index (χ2v) is 8.86. The second kappa shape index (κ2) is 7.69. The van der Waals surface area contributed by atoms with Crippen LogP contribution < -0.4 is 0 Å². The molecule has 0 aliphatic carbocycles. The minimum Gasteiger partial charge on any atom is -0.339 e. The smallest absolute Gasteiger partial charge is 0.254 e. The van der Waals surface area contributed by atoms with Crippen LogP contribution in [0.2, 0.25) is 0 Å². The second-order valence-electron chi connectivity index (χ2n) is 7.92. The molecular weight excluding hydrogens is 392 g/mol. The van der Waals surface area contributed by atoms with Crippen LogP contribution in [0.5, 0.6) is 0 Å². The molecule has 1 saturated heterocycles. The van der Waals surface area contributed by atoms with Crippen molar-refractivity contribution < 1.29 is 4.79 Å². The van der Waals surface area contributed by atoms with E-state index in [1.54, 1.807) is 16.0 Å². The molecule has 0 bridgehead atoms.